The van der Waals surface area contributed by atoms with Crippen molar-refractivity contribution in [3.63, 3.8) is 0 Å². The lowest BCUT2D eigenvalue weighted by Gasteiger charge is -2.12. The van der Waals surface area contributed by atoms with Gasteiger partial charge < -0.3 is 5.32 Å². The Bertz CT molecular complexity index is 616. The van der Waals surface area contributed by atoms with Gasteiger partial charge in [0.15, 0.2) is 11.5 Å². The minimum atomic E-state index is -4.44. The Morgan fingerprint density at radius 3 is 2.85 bits per heavy atom. The Morgan fingerprint density at radius 2 is 2.20 bits per heavy atom. The van der Waals surface area contributed by atoms with Crippen LogP contribution in [0.3, 0.4) is 0 Å². The Balaban J connectivity index is 1.84. The van der Waals surface area contributed by atoms with Gasteiger partial charge in [0.05, 0.1) is 0 Å². The van der Waals surface area contributed by atoms with E-state index >= 15 is 0 Å². The molecule has 0 radical (unpaired) electrons. The Labute approximate surface area is 114 Å². The van der Waals surface area contributed by atoms with Crippen LogP contribution in [0, 0.1) is 11.8 Å². The summed E-state index contributed by atoms with van der Waals surface area (Å²) >= 11 is 0. The highest BCUT2D eigenvalue weighted by atomic mass is 19.4. The molecule has 1 unspecified atom stereocenters. The molecule has 0 aromatic carbocycles. The first-order valence-electron chi connectivity index (χ1n) is 6.60. The second-order valence-electron chi connectivity index (χ2n) is 5.33. The van der Waals surface area contributed by atoms with E-state index in [4.69, 9.17) is 0 Å². The third-order valence-corrected chi connectivity index (χ3v) is 3.70. The van der Waals surface area contributed by atoms with Crippen molar-refractivity contribution in [3.05, 3.63) is 24.2 Å². The second-order valence-corrected chi connectivity index (χ2v) is 5.33. The number of hydrogen-bond donors (Lipinski definition) is 1. The molecular weight excluding hydrogens is 269 g/mol. The number of aromatic nitrogens is 3. The van der Waals surface area contributed by atoms with Gasteiger partial charge in [-0.05, 0) is 24.7 Å². The SMILES string of the molecule is CC(CNc1nccn2nc(C(F)(F)F)cc12)C1CC1. The molecule has 7 heteroatoms. The Morgan fingerprint density at radius 1 is 1.45 bits per heavy atom. The fourth-order valence-electron chi connectivity index (χ4n) is 2.29. The van der Waals surface area contributed by atoms with E-state index in [0.29, 0.717) is 23.8 Å². The van der Waals surface area contributed by atoms with Gasteiger partial charge in [0.1, 0.15) is 5.52 Å². The summed E-state index contributed by atoms with van der Waals surface area (Å²) in [5, 5.41) is 6.67. The molecule has 2 aromatic heterocycles. The lowest BCUT2D eigenvalue weighted by Crippen LogP contribution is -2.14. The summed E-state index contributed by atoms with van der Waals surface area (Å²) in [6, 6.07) is 1.02. The van der Waals surface area contributed by atoms with E-state index in [0.717, 1.165) is 12.0 Å². The van der Waals surface area contributed by atoms with E-state index in [2.05, 4.69) is 22.3 Å². The van der Waals surface area contributed by atoms with Gasteiger partial charge in [0.25, 0.3) is 0 Å². The van der Waals surface area contributed by atoms with Gasteiger partial charge in [-0.1, -0.05) is 6.92 Å². The van der Waals surface area contributed by atoms with Crippen LogP contribution in [0.2, 0.25) is 0 Å². The molecule has 1 fully saturated rings. The molecule has 0 amide bonds. The predicted molar refractivity (Wildman–Crippen MR) is 68.4 cm³/mol. The van der Waals surface area contributed by atoms with E-state index in [-0.39, 0.29) is 0 Å². The summed E-state index contributed by atoms with van der Waals surface area (Å²) in [7, 11) is 0. The van der Waals surface area contributed by atoms with Crippen molar-refractivity contribution in [2.75, 3.05) is 11.9 Å². The van der Waals surface area contributed by atoms with Crippen LogP contribution in [0.5, 0.6) is 0 Å². The summed E-state index contributed by atoms with van der Waals surface area (Å²) < 4.78 is 39.2. The summed E-state index contributed by atoms with van der Waals surface area (Å²) in [6.45, 7) is 2.85. The van der Waals surface area contributed by atoms with Crippen molar-refractivity contribution in [1.82, 2.24) is 14.6 Å². The number of fused-ring (bicyclic) bond motifs is 1. The maximum atomic E-state index is 12.7. The van der Waals surface area contributed by atoms with Crippen LogP contribution in [0.1, 0.15) is 25.5 Å². The zero-order chi connectivity index (χ0) is 14.3. The summed E-state index contributed by atoms with van der Waals surface area (Å²) in [5.74, 6) is 1.68. The van der Waals surface area contributed by atoms with Crippen LogP contribution in [0.25, 0.3) is 5.52 Å². The first-order chi connectivity index (χ1) is 9.45. The van der Waals surface area contributed by atoms with Gasteiger partial charge in [-0.25, -0.2) is 9.50 Å². The van der Waals surface area contributed by atoms with Crippen LogP contribution in [0.15, 0.2) is 18.5 Å². The maximum absolute atomic E-state index is 12.7. The molecule has 0 bridgehead atoms. The van der Waals surface area contributed by atoms with Crippen LogP contribution in [-0.2, 0) is 6.18 Å². The van der Waals surface area contributed by atoms with Gasteiger partial charge >= 0.3 is 6.18 Å². The molecule has 0 aliphatic heterocycles. The zero-order valence-corrected chi connectivity index (χ0v) is 11.0. The average Bonchev–Trinajstić information content (AvgIpc) is 3.13. The van der Waals surface area contributed by atoms with Crippen molar-refractivity contribution >= 4 is 11.3 Å². The summed E-state index contributed by atoms with van der Waals surface area (Å²) in [5.41, 5.74) is -0.549. The van der Waals surface area contributed by atoms with Gasteiger partial charge in [-0.3, -0.25) is 0 Å². The van der Waals surface area contributed by atoms with Crippen LogP contribution in [-0.4, -0.2) is 21.1 Å². The van der Waals surface area contributed by atoms with E-state index < -0.39 is 11.9 Å². The van der Waals surface area contributed by atoms with Gasteiger partial charge in [0, 0.05) is 25.0 Å². The van der Waals surface area contributed by atoms with Crippen LogP contribution in [0.4, 0.5) is 19.0 Å². The number of alkyl halides is 3. The smallest absolute Gasteiger partial charge is 0.368 e. The Kier molecular flexibility index (Phi) is 3.07. The van der Waals surface area contributed by atoms with Crippen LogP contribution < -0.4 is 5.32 Å². The summed E-state index contributed by atoms with van der Waals surface area (Å²) in [6.07, 6.45) is 0.908. The van der Waals surface area contributed by atoms with E-state index in [9.17, 15) is 13.2 Å². The number of anilines is 1. The Hall–Kier alpha value is -1.79. The van der Waals surface area contributed by atoms with Crippen molar-refractivity contribution < 1.29 is 13.2 Å². The quantitative estimate of drug-likeness (QED) is 0.937. The average molecular weight is 284 g/mol. The number of nitrogens with zero attached hydrogens (tertiary/aromatic N) is 3. The zero-order valence-electron chi connectivity index (χ0n) is 11.0. The largest absolute Gasteiger partial charge is 0.435 e. The lowest BCUT2D eigenvalue weighted by atomic mass is 10.1. The monoisotopic (exact) mass is 284 g/mol. The molecule has 0 spiro atoms. The minimum Gasteiger partial charge on any atom is -0.368 e. The lowest BCUT2D eigenvalue weighted by molar-refractivity contribution is -0.141. The molecule has 1 aliphatic carbocycles. The maximum Gasteiger partial charge on any atom is 0.435 e. The molecule has 0 saturated heterocycles. The third kappa shape index (κ3) is 2.57. The topological polar surface area (TPSA) is 42.2 Å². The van der Waals surface area contributed by atoms with Crippen molar-refractivity contribution in [1.29, 1.82) is 0 Å². The van der Waals surface area contributed by atoms with Gasteiger partial charge in [-0.2, -0.15) is 18.3 Å². The van der Waals surface area contributed by atoms with E-state index in [1.165, 1.54) is 29.8 Å². The molecule has 108 valence electrons. The van der Waals surface area contributed by atoms with E-state index in [1.54, 1.807) is 0 Å². The normalized spacial score (nSPS) is 17.4. The molecule has 3 rings (SSSR count). The number of nitrogens with one attached hydrogen (secondary N) is 1. The number of hydrogen-bond acceptors (Lipinski definition) is 3. The van der Waals surface area contributed by atoms with Gasteiger partial charge in [0.2, 0.25) is 0 Å². The standard InChI is InChI=1S/C13H15F3N4/c1-8(9-2-3-9)7-18-12-10-6-11(13(14,15)16)19-20(10)5-4-17-12/h4-6,8-9H,2-3,7H2,1H3,(H,17,18). The van der Waals surface area contributed by atoms with E-state index in [1.807, 2.05) is 0 Å². The molecule has 1 atom stereocenters. The summed E-state index contributed by atoms with van der Waals surface area (Å²) in [4.78, 5) is 4.11. The number of halogens is 3. The molecule has 2 aromatic rings. The highest BCUT2D eigenvalue weighted by molar-refractivity contribution is 5.67. The molecule has 1 N–H and O–H groups in total. The molecule has 4 nitrogen and oxygen atoms in total. The predicted octanol–water partition coefficient (Wildman–Crippen LogP) is 3.21. The molecule has 1 saturated carbocycles. The van der Waals surface area contributed by atoms with Crippen molar-refractivity contribution in [3.8, 4) is 0 Å². The second kappa shape index (κ2) is 4.64. The number of rotatable bonds is 4. The molecule has 2 heterocycles. The molecular formula is C13H15F3N4. The first-order valence-corrected chi connectivity index (χ1v) is 6.60. The fourth-order valence-corrected chi connectivity index (χ4v) is 2.29. The van der Waals surface area contributed by atoms with Crippen molar-refractivity contribution in [2.24, 2.45) is 11.8 Å². The minimum absolute atomic E-state index is 0.350. The molecule has 20 heavy (non-hydrogen) atoms. The first kappa shape index (κ1) is 13.2. The van der Waals surface area contributed by atoms with Gasteiger partial charge in [-0.15, -0.1) is 0 Å². The van der Waals surface area contributed by atoms with Crippen molar-refractivity contribution in [2.45, 2.75) is 25.9 Å². The highest BCUT2D eigenvalue weighted by Crippen LogP contribution is 2.36. The third-order valence-electron chi connectivity index (χ3n) is 3.70. The molecule has 1 aliphatic rings. The highest BCUT2D eigenvalue weighted by Gasteiger charge is 2.34. The van der Waals surface area contributed by atoms with Crippen LogP contribution >= 0.6 is 0 Å². The fraction of sp³-hybridized carbons (Fsp3) is 0.538.